The van der Waals surface area contributed by atoms with Crippen LogP contribution in [-0.2, 0) is 15.9 Å². The minimum absolute atomic E-state index is 0.327. The van der Waals surface area contributed by atoms with Gasteiger partial charge < -0.3 is 19.3 Å². The predicted octanol–water partition coefficient (Wildman–Crippen LogP) is 2.39. The van der Waals surface area contributed by atoms with Crippen molar-refractivity contribution in [3.63, 3.8) is 0 Å². The highest BCUT2D eigenvalue weighted by Crippen LogP contribution is 2.14. The number of aliphatic hydroxyl groups excluding tert-OH is 1. The molecule has 1 rings (SSSR count). The van der Waals surface area contributed by atoms with Gasteiger partial charge in [-0.05, 0) is 44.9 Å². The molecule has 0 spiro atoms. The van der Waals surface area contributed by atoms with E-state index in [0.29, 0.717) is 26.2 Å². The van der Waals surface area contributed by atoms with Crippen molar-refractivity contribution in [1.82, 2.24) is 0 Å². The van der Waals surface area contributed by atoms with E-state index in [4.69, 9.17) is 14.2 Å². The summed E-state index contributed by atoms with van der Waals surface area (Å²) >= 11 is 0. The molecule has 0 aliphatic rings. The lowest BCUT2D eigenvalue weighted by Crippen LogP contribution is -2.25. The Morgan fingerprint density at radius 2 is 1.63 bits per heavy atom. The Hall–Kier alpha value is -1.10. The van der Waals surface area contributed by atoms with Gasteiger partial charge in [0, 0.05) is 13.2 Å². The van der Waals surface area contributed by atoms with Gasteiger partial charge in [-0.1, -0.05) is 12.1 Å². The third-order valence-electron chi connectivity index (χ3n) is 2.55. The molecule has 4 heteroatoms. The van der Waals surface area contributed by atoms with Crippen molar-refractivity contribution in [3.8, 4) is 5.75 Å². The van der Waals surface area contributed by atoms with Crippen LogP contribution in [0.15, 0.2) is 24.3 Å². The average molecular weight is 268 g/mol. The molecule has 0 saturated carbocycles. The van der Waals surface area contributed by atoms with Gasteiger partial charge in [0.25, 0.3) is 0 Å². The second kappa shape index (κ2) is 8.91. The molecule has 0 aliphatic carbocycles. The largest absolute Gasteiger partial charge is 0.488 e. The van der Waals surface area contributed by atoms with Gasteiger partial charge in [0.2, 0.25) is 0 Å². The summed E-state index contributed by atoms with van der Waals surface area (Å²) in [5.74, 6) is 0.777. The minimum atomic E-state index is -0.327. The number of rotatable bonds is 9. The zero-order chi connectivity index (χ0) is 14.1. The first kappa shape index (κ1) is 16.0. The van der Waals surface area contributed by atoms with Crippen LogP contribution in [0.25, 0.3) is 0 Å². The predicted molar refractivity (Wildman–Crippen MR) is 74.4 cm³/mol. The van der Waals surface area contributed by atoms with E-state index in [2.05, 4.69) is 0 Å². The first-order valence-electron chi connectivity index (χ1n) is 6.78. The molecule has 0 amide bonds. The summed E-state index contributed by atoms with van der Waals surface area (Å²) in [5, 5.41) is 9.31. The normalized spacial score (nSPS) is 12.7. The molecular formula is C15H24O4. The highest BCUT2D eigenvalue weighted by Gasteiger charge is 2.08. The van der Waals surface area contributed by atoms with Crippen LogP contribution < -0.4 is 4.74 Å². The first-order chi connectivity index (χ1) is 9.15. The summed E-state index contributed by atoms with van der Waals surface area (Å²) < 4.78 is 16.4. The summed E-state index contributed by atoms with van der Waals surface area (Å²) in [6, 6.07) is 7.70. The maximum Gasteiger partial charge on any atom is 0.191 e. The van der Waals surface area contributed by atoms with Crippen LogP contribution in [0, 0.1) is 0 Å². The first-order valence-corrected chi connectivity index (χ1v) is 6.78. The molecule has 1 aromatic carbocycles. The van der Waals surface area contributed by atoms with Crippen molar-refractivity contribution in [1.29, 1.82) is 0 Å². The van der Waals surface area contributed by atoms with Crippen LogP contribution in [-0.4, -0.2) is 37.3 Å². The van der Waals surface area contributed by atoms with E-state index < -0.39 is 0 Å². The van der Waals surface area contributed by atoms with Crippen molar-refractivity contribution in [3.05, 3.63) is 29.8 Å². The molecule has 0 heterocycles. The van der Waals surface area contributed by atoms with E-state index in [9.17, 15) is 5.11 Å². The Kier molecular flexibility index (Phi) is 7.48. The van der Waals surface area contributed by atoms with Gasteiger partial charge >= 0.3 is 0 Å². The summed E-state index contributed by atoms with van der Waals surface area (Å²) in [6.07, 6.45) is 0.0000475. The summed E-state index contributed by atoms with van der Waals surface area (Å²) in [6.45, 7) is 7.20. The van der Waals surface area contributed by atoms with E-state index >= 15 is 0 Å². The van der Waals surface area contributed by atoms with Crippen molar-refractivity contribution in [2.24, 2.45) is 0 Å². The molecule has 1 aromatic rings. The van der Waals surface area contributed by atoms with E-state index in [0.717, 1.165) is 11.3 Å². The lowest BCUT2D eigenvalue weighted by molar-refractivity contribution is -0.152. The van der Waals surface area contributed by atoms with Crippen molar-refractivity contribution < 1.29 is 19.3 Å². The Morgan fingerprint density at radius 3 is 2.11 bits per heavy atom. The monoisotopic (exact) mass is 268 g/mol. The van der Waals surface area contributed by atoms with Crippen LogP contribution in [0.1, 0.15) is 26.3 Å². The van der Waals surface area contributed by atoms with E-state index in [1.807, 2.05) is 38.1 Å². The third kappa shape index (κ3) is 6.57. The van der Waals surface area contributed by atoms with Crippen LogP contribution >= 0.6 is 0 Å². The zero-order valence-electron chi connectivity index (χ0n) is 12.0. The molecular weight excluding hydrogens is 244 g/mol. The van der Waals surface area contributed by atoms with Gasteiger partial charge in [-0.3, -0.25) is 0 Å². The van der Waals surface area contributed by atoms with Gasteiger partial charge in [0.05, 0.1) is 6.10 Å². The Morgan fingerprint density at radius 1 is 1.05 bits per heavy atom. The van der Waals surface area contributed by atoms with E-state index in [1.54, 1.807) is 6.92 Å². The molecule has 4 nitrogen and oxygen atoms in total. The molecule has 0 fully saturated rings. The zero-order valence-corrected chi connectivity index (χ0v) is 12.0. The smallest absolute Gasteiger partial charge is 0.191 e. The quantitative estimate of drug-likeness (QED) is 0.699. The Bertz CT molecular complexity index is 329. The highest BCUT2D eigenvalue weighted by molar-refractivity contribution is 5.27. The van der Waals surface area contributed by atoms with Gasteiger partial charge in [0.15, 0.2) is 6.29 Å². The highest BCUT2D eigenvalue weighted by atomic mass is 16.7. The molecule has 0 bridgehead atoms. The lowest BCUT2D eigenvalue weighted by Gasteiger charge is -2.17. The maximum absolute atomic E-state index is 9.31. The summed E-state index contributed by atoms with van der Waals surface area (Å²) in [4.78, 5) is 0. The van der Waals surface area contributed by atoms with E-state index in [1.165, 1.54) is 0 Å². The minimum Gasteiger partial charge on any atom is -0.488 e. The van der Waals surface area contributed by atoms with Gasteiger partial charge in [-0.15, -0.1) is 0 Å². The topological polar surface area (TPSA) is 47.9 Å². The molecule has 108 valence electrons. The second-order valence-electron chi connectivity index (χ2n) is 4.35. The Labute approximate surface area is 115 Å². The molecule has 0 aromatic heterocycles. The fourth-order valence-electron chi connectivity index (χ4n) is 1.74. The molecule has 1 atom stereocenters. The third-order valence-corrected chi connectivity index (χ3v) is 2.55. The lowest BCUT2D eigenvalue weighted by atomic mass is 10.1. The van der Waals surface area contributed by atoms with Crippen molar-refractivity contribution in [2.75, 3.05) is 19.8 Å². The van der Waals surface area contributed by atoms with Crippen LogP contribution in [0.5, 0.6) is 5.75 Å². The molecule has 0 saturated heterocycles. The number of ether oxygens (including phenoxy) is 3. The molecule has 1 N–H and O–H groups in total. The maximum atomic E-state index is 9.31. The van der Waals surface area contributed by atoms with Gasteiger partial charge in [-0.2, -0.15) is 0 Å². The molecule has 0 radical (unpaired) electrons. The van der Waals surface area contributed by atoms with E-state index in [-0.39, 0.29) is 12.4 Å². The van der Waals surface area contributed by atoms with Crippen LogP contribution in [0.4, 0.5) is 0 Å². The molecule has 1 unspecified atom stereocenters. The number of aliphatic hydroxyl groups is 1. The summed E-state index contributed by atoms with van der Waals surface area (Å²) in [5.41, 5.74) is 1.09. The number of benzene rings is 1. The molecule has 19 heavy (non-hydrogen) atoms. The standard InChI is InChI=1S/C15H24O4/c1-4-17-15(18-5-2)11-19-14-8-6-13(7-9-14)10-12(3)16/h6-9,12,15-16H,4-5,10-11H2,1-3H3. The summed E-state index contributed by atoms with van der Waals surface area (Å²) in [7, 11) is 0. The van der Waals surface area contributed by atoms with Gasteiger partial charge in [-0.25, -0.2) is 0 Å². The van der Waals surface area contributed by atoms with Crippen molar-refractivity contribution >= 4 is 0 Å². The fourth-order valence-corrected chi connectivity index (χ4v) is 1.74. The fraction of sp³-hybridized carbons (Fsp3) is 0.600. The SMILES string of the molecule is CCOC(COc1ccc(CC(C)O)cc1)OCC. The van der Waals surface area contributed by atoms with Crippen molar-refractivity contribution in [2.45, 2.75) is 39.6 Å². The average Bonchev–Trinajstić information content (AvgIpc) is 2.37. The number of hydrogen-bond donors (Lipinski definition) is 1. The van der Waals surface area contributed by atoms with Crippen LogP contribution in [0.2, 0.25) is 0 Å². The molecule has 0 aliphatic heterocycles. The number of hydrogen-bond acceptors (Lipinski definition) is 4. The Balaban J connectivity index is 2.43. The van der Waals surface area contributed by atoms with Crippen LogP contribution in [0.3, 0.4) is 0 Å². The second-order valence-corrected chi connectivity index (χ2v) is 4.35. The van der Waals surface area contributed by atoms with Gasteiger partial charge in [0.1, 0.15) is 12.4 Å².